The van der Waals surface area contributed by atoms with Gasteiger partial charge in [0.05, 0.1) is 45.6 Å². The number of nitrogens with zero attached hydrogens (tertiary/aromatic N) is 8. The van der Waals surface area contributed by atoms with Crippen LogP contribution in [0, 0.1) is 20.5 Å². The first-order valence-corrected chi connectivity index (χ1v) is 28.8. The quantitative estimate of drug-likeness (QED) is 0.117. The molecule has 10 heterocycles. The maximum atomic E-state index is 8.89. The summed E-state index contributed by atoms with van der Waals surface area (Å²) in [4.78, 5) is 72.0. The average molecular weight is 1510 g/mol. The third kappa shape index (κ3) is 59.0. The standard InChI is InChI=1S/2C22H18N4.2C4H8O.4C2H4O2.2ClHO4.4Mn.2O/c2*1-3-15-23-19(9-1)21-11-5-7-17(25-21)13-14-18-8-6-12-22(26-18)20-10-2-4-16-24-20;2*1-2-4-5-3-1;4*1-2(3)4;2*2-1(3,4)5;;;;;;/h2*1-12,15-16H,13-14H2;2*1-4H2;4*1H3,(H,3,4);2*(H,2,3,4,5);;;;;;/q;;;;;;;;;;2*+2;2*+3;2*-2/p-6. The number of hydrogen-bond acceptors (Lipinski definition) is 26. The van der Waals surface area contributed by atoms with Crippen LogP contribution < -0.4 is 57.7 Å². The maximum absolute atomic E-state index is 8.89. The number of hydrogen-bond donors (Lipinski definition) is 0. The molecule has 506 valence electrons. The Morgan fingerprint density at radius 3 is 0.617 bits per heavy atom. The molecule has 2 aliphatic rings. The van der Waals surface area contributed by atoms with E-state index >= 15 is 0 Å². The number of aryl methyl sites for hydroxylation is 4. The summed E-state index contributed by atoms with van der Waals surface area (Å²) >= 11 is 0. The molecule has 2 aliphatic heterocycles. The van der Waals surface area contributed by atoms with Crippen molar-refractivity contribution in [3.8, 4) is 45.6 Å². The van der Waals surface area contributed by atoms with Gasteiger partial charge in [-0.1, -0.05) is 48.5 Å². The molecule has 8 aromatic heterocycles. The monoisotopic (exact) mass is 1510 g/mol. The molecule has 94 heavy (non-hydrogen) atoms. The number of carbonyl (C=O) groups is 4. The third-order valence-electron chi connectivity index (χ3n) is 9.87. The Labute approximate surface area is 590 Å². The molecule has 0 amide bonds. The molecule has 0 spiro atoms. The molecule has 2 saturated heterocycles. The Morgan fingerprint density at radius 1 is 0.330 bits per heavy atom. The van der Waals surface area contributed by atoms with Crippen LogP contribution in [-0.4, -0.2) is 90.2 Å². The summed E-state index contributed by atoms with van der Waals surface area (Å²) in [6.45, 7) is 7.89. The Bertz CT molecular complexity index is 2750. The van der Waals surface area contributed by atoms with Gasteiger partial charge in [0.1, 0.15) is 0 Å². The van der Waals surface area contributed by atoms with Crippen LogP contribution in [0.1, 0.15) is 76.2 Å². The van der Waals surface area contributed by atoms with Crippen molar-refractivity contribution in [3.05, 3.63) is 193 Å². The molecule has 2 radical (unpaired) electrons. The number of ether oxygens (including phenoxy) is 2. The van der Waals surface area contributed by atoms with E-state index in [4.69, 9.17) is 106 Å². The Balaban J connectivity index is -0.000000261. The summed E-state index contributed by atoms with van der Waals surface area (Å²) in [5.41, 5.74) is 11.3. The molecule has 0 N–H and O–H groups in total. The van der Waals surface area contributed by atoms with Gasteiger partial charge in [-0.3, -0.25) is 39.9 Å². The number of carbonyl (C=O) groups excluding carboxylic acids is 4. The summed E-state index contributed by atoms with van der Waals surface area (Å²) in [5, 5.41) is 35.6. The van der Waals surface area contributed by atoms with Gasteiger partial charge < -0.3 is 60.0 Å². The van der Waals surface area contributed by atoms with Crippen LogP contribution in [0.15, 0.2) is 170 Å². The van der Waals surface area contributed by atoms with Gasteiger partial charge in [-0.2, -0.15) is 0 Å². The minimum atomic E-state index is -4.94. The fraction of sp³-hybridized carbons (Fsp3) is 0.267. The van der Waals surface area contributed by atoms with Crippen LogP contribution in [0.3, 0.4) is 0 Å². The summed E-state index contributed by atoms with van der Waals surface area (Å²) in [7, 11) is -9.89. The SMILES string of the molecule is C1CCOC1.C1CCOC1.CC(=O)[O-].CC(=O)[O-].CC(=O)[O-].CC(=O)[O-].[Mn+2].[Mn+2].[Mn+3].[Mn+3].[O-2].[O-2].[O-][Cl+3]([O-])([O-])[O-].[O-][Cl+3]([O-])([O-])[O-].c1ccc(-c2cccc(CCc3cccc(-c4ccccn4)n3)n2)nc1.c1ccc(-c2cccc(CCc3cccc(-c4ccccn4)n3)n2)nc1. The maximum Gasteiger partial charge on any atom is 3.00 e. The number of aromatic nitrogens is 8. The number of halogens is 2. The topological polar surface area (TPSA) is 524 Å². The number of carboxylic acid groups (broad SMARTS) is 4. The summed E-state index contributed by atoms with van der Waals surface area (Å²) in [6.07, 6.45) is 15.6. The van der Waals surface area contributed by atoms with Gasteiger partial charge in [0, 0.05) is 97.9 Å². The van der Waals surface area contributed by atoms with Crippen LogP contribution in [0.2, 0.25) is 0 Å². The fourth-order valence-corrected chi connectivity index (χ4v) is 6.64. The molecule has 2 fully saturated rings. The van der Waals surface area contributed by atoms with Gasteiger partial charge >= 0.3 is 68.3 Å². The first-order valence-electron chi connectivity index (χ1n) is 26.3. The van der Waals surface area contributed by atoms with Crippen molar-refractivity contribution >= 4 is 23.9 Å². The van der Waals surface area contributed by atoms with Crippen molar-refractivity contribution in [2.75, 3.05) is 26.4 Å². The zero-order chi connectivity index (χ0) is 65.6. The molecular formula is C60H64Cl2Mn4N8O20. The van der Waals surface area contributed by atoms with Crippen molar-refractivity contribution in [1.29, 1.82) is 0 Å². The fourth-order valence-electron chi connectivity index (χ4n) is 6.64. The predicted molar refractivity (Wildman–Crippen MR) is 289 cm³/mol. The molecule has 0 saturated carbocycles. The zero-order valence-electron chi connectivity index (χ0n) is 50.7. The van der Waals surface area contributed by atoms with Crippen molar-refractivity contribution in [2.45, 2.75) is 79.1 Å². The molecule has 34 heteroatoms. The average Bonchev–Trinajstić information content (AvgIpc) is 0.945. The Hall–Kier alpha value is -6.74. The molecule has 0 unspecified atom stereocenters. The van der Waals surface area contributed by atoms with Gasteiger partial charge in [-0.05, 0) is 176 Å². The number of pyridine rings is 8. The molecular weight excluding hydrogens is 1440 g/mol. The number of aliphatic carboxylic acids is 4. The number of rotatable bonds is 10. The minimum Gasteiger partial charge on any atom is -2.00 e. The van der Waals surface area contributed by atoms with Crippen molar-refractivity contribution < 1.29 is 186 Å². The third-order valence-corrected chi connectivity index (χ3v) is 9.87. The van der Waals surface area contributed by atoms with E-state index in [0.717, 1.165) is 148 Å². The first kappa shape index (κ1) is 98.3. The van der Waals surface area contributed by atoms with E-state index in [1.54, 1.807) is 24.8 Å². The summed E-state index contributed by atoms with van der Waals surface area (Å²) in [6, 6.07) is 47.7. The van der Waals surface area contributed by atoms with Crippen LogP contribution in [0.4, 0.5) is 0 Å². The van der Waals surface area contributed by atoms with Crippen LogP contribution in [-0.2, 0) is 134 Å². The second-order valence-electron chi connectivity index (χ2n) is 17.3. The van der Waals surface area contributed by atoms with E-state index in [-0.39, 0.29) is 79.2 Å². The second-order valence-corrected chi connectivity index (χ2v) is 18.8. The molecule has 0 aliphatic carbocycles. The van der Waals surface area contributed by atoms with Gasteiger partial charge in [0.2, 0.25) is 0 Å². The van der Waals surface area contributed by atoms with Crippen LogP contribution >= 0.6 is 0 Å². The number of carboxylic acids is 4. The van der Waals surface area contributed by atoms with Crippen molar-refractivity contribution in [3.63, 3.8) is 0 Å². The second kappa shape index (κ2) is 58.8. The van der Waals surface area contributed by atoms with E-state index in [9.17, 15) is 0 Å². The van der Waals surface area contributed by atoms with Crippen LogP contribution in [0.25, 0.3) is 45.6 Å². The molecule has 0 aromatic carbocycles. The molecule has 8 aromatic rings. The van der Waals surface area contributed by atoms with Gasteiger partial charge in [0.25, 0.3) is 0 Å². The van der Waals surface area contributed by atoms with E-state index in [1.807, 2.05) is 121 Å². The van der Waals surface area contributed by atoms with E-state index < -0.39 is 44.4 Å². The van der Waals surface area contributed by atoms with E-state index in [1.165, 1.54) is 25.7 Å². The van der Waals surface area contributed by atoms with E-state index in [2.05, 4.69) is 44.2 Å². The zero-order valence-corrected chi connectivity index (χ0v) is 56.9. The molecule has 0 bridgehead atoms. The minimum absolute atomic E-state index is 0. The van der Waals surface area contributed by atoms with Crippen LogP contribution in [0.5, 0.6) is 0 Å². The van der Waals surface area contributed by atoms with Crippen molar-refractivity contribution in [2.24, 2.45) is 0 Å². The Morgan fingerprint density at radius 2 is 0.489 bits per heavy atom. The molecule has 10 rings (SSSR count). The Kier molecular flexibility index (Phi) is 61.5. The molecule has 28 nitrogen and oxygen atoms in total. The van der Waals surface area contributed by atoms with Crippen molar-refractivity contribution in [1.82, 2.24) is 39.9 Å². The van der Waals surface area contributed by atoms with Gasteiger partial charge in [0.15, 0.2) is 0 Å². The largest absolute Gasteiger partial charge is 3.00 e. The van der Waals surface area contributed by atoms with Gasteiger partial charge in [-0.15, -0.1) is 20.5 Å². The normalized spacial score (nSPS) is 10.8. The summed E-state index contributed by atoms with van der Waals surface area (Å²) in [5.74, 6) is -4.33. The summed E-state index contributed by atoms with van der Waals surface area (Å²) < 4.78 is 77.8. The van der Waals surface area contributed by atoms with E-state index in [0.29, 0.717) is 0 Å². The smallest absolute Gasteiger partial charge is 2.00 e. The van der Waals surface area contributed by atoms with Gasteiger partial charge in [-0.25, -0.2) is 37.3 Å². The molecule has 0 atom stereocenters. The first-order chi connectivity index (χ1) is 41.7. The predicted octanol–water partition coefficient (Wildman–Crippen LogP) is -4.37.